The molecule has 0 bridgehead atoms. The van der Waals surface area contributed by atoms with Gasteiger partial charge < -0.3 is 0 Å². The summed E-state index contributed by atoms with van der Waals surface area (Å²) in [6.45, 7) is 0. The van der Waals surface area contributed by atoms with Gasteiger partial charge >= 0.3 is 65.9 Å². The summed E-state index contributed by atoms with van der Waals surface area (Å²) in [5, 5.41) is 0. The van der Waals surface area contributed by atoms with Crippen LogP contribution in [-0.4, -0.2) is 63.2 Å². The van der Waals surface area contributed by atoms with Gasteiger partial charge in [0.25, 0.3) is 0 Å². The summed E-state index contributed by atoms with van der Waals surface area (Å²) >= 11 is 0.0556. The molecule has 0 N–H and O–H groups in total. The fourth-order valence-electron chi connectivity index (χ4n) is 0. The van der Waals surface area contributed by atoms with Crippen LogP contribution < -0.4 is 0 Å². The van der Waals surface area contributed by atoms with E-state index in [9.17, 15) is 0 Å². The van der Waals surface area contributed by atoms with Crippen LogP contribution in [0.25, 0.3) is 0 Å². The second kappa shape index (κ2) is 29.0. The standard InChI is InChI=1S/Cd.Ga.GeH4.O.Pb.3H/h;;1H4;;;;;. The number of rotatable bonds is 0. The molecule has 0 aliphatic heterocycles. The summed E-state index contributed by atoms with van der Waals surface area (Å²) in [6.07, 6.45) is 0. The van der Waals surface area contributed by atoms with Gasteiger partial charge in [-0.1, -0.05) is 0 Å². The van der Waals surface area contributed by atoms with Crippen LogP contribution in [0, 0.1) is 0 Å². The van der Waals surface area contributed by atoms with Crippen molar-refractivity contribution in [3.05, 3.63) is 0 Å². The minimum atomic E-state index is 0. The molecule has 0 heterocycles. The third kappa shape index (κ3) is 19.9. The summed E-state index contributed by atoms with van der Waals surface area (Å²) in [4.78, 5) is 0. The van der Waals surface area contributed by atoms with Crippen molar-refractivity contribution in [2.45, 2.75) is 0 Å². The minimum absolute atomic E-state index is 0. The molecule has 0 amide bonds. The third-order valence-electron chi connectivity index (χ3n) is 0. The molecule has 26 valence electrons. The number of hydrogen-bond acceptors (Lipinski definition) is 1. The van der Waals surface area contributed by atoms with Gasteiger partial charge in [0.1, 0.15) is 0 Å². The Hall–Kier alpha value is 2.82. The molecule has 0 saturated carbocycles. The molecule has 5 heavy (non-hydrogen) atoms. The molecular weight excluding hydrogens is 478 g/mol. The van der Waals surface area contributed by atoms with Gasteiger partial charge in [-0.3, -0.25) is 0 Å². The van der Waals surface area contributed by atoms with Gasteiger partial charge in [0.15, 0.2) is 0 Å². The molecule has 0 aromatic rings. The number of hydrogen-bond donors (Lipinski definition) is 0. The van der Waals surface area contributed by atoms with Crippen molar-refractivity contribution in [3.8, 4) is 0 Å². The van der Waals surface area contributed by atoms with Crippen molar-refractivity contribution < 1.29 is 30.0 Å². The van der Waals surface area contributed by atoms with Crippen molar-refractivity contribution >= 4 is 63.2 Å². The molecule has 2 radical (unpaired) electrons. The molecule has 0 saturated heterocycles. The first-order valence-electron chi connectivity index (χ1n) is 0.204. The summed E-state index contributed by atoms with van der Waals surface area (Å²) < 4.78 is 8.39. The van der Waals surface area contributed by atoms with E-state index >= 15 is 0 Å². The normalized spacial score (nSPS) is 0.800. The van der Waals surface area contributed by atoms with Gasteiger partial charge in [0, 0.05) is 27.3 Å². The maximum absolute atomic E-state index is 8.39. The summed E-state index contributed by atoms with van der Waals surface area (Å²) in [7, 11) is 0. The molecule has 0 spiro atoms. The van der Waals surface area contributed by atoms with E-state index in [0.29, 0.717) is 0 Å². The summed E-state index contributed by atoms with van der Waals surface area (Å²) in [5.41, 5.74) is 0. The topological polar surface area (TPSA) is 17.1 Å². The van der Waals surface area contributed by atoms with Gasteiger partial charge in [-0.2, -0.15) is 0 Å². The van der Waals surface area contributed by atoms with Crippen molar-refractivity contribution in [2.24, 2.45) is 0 Å². The van der Waals surface area contributed by atoms with Gasteiger partial charge in [0.05, 0.1) is 0 Å². The van der Waals surface area contributed by atoms with Crippen molar-refractivity contribution in [1.82, 2.24) is 0 Å². The van der Waals surface area contributed by atoms with Crippen LogP contribution >= 0.6 is 0 Å². The Balaban J connectivity index is -0.00000000167. The maximum atomic E-state index is 8.39. The van der Waals surface area contributed by atoms with Crippen molar-refractivity contribution in [1.29, 1.82) is 0 Å². The SMILES string of the molecule is [Cd].[GaH3].[GeH4].[O]=[Pb]. The van der Waals surface area contributed by atoms with Crippen LogP contribution in [0.3, 0.4) is 0 Å². The van der Waals surface area contributed by atoms with Gasteiger partial charge in [-0.05, 0) is 0 Å². The summed E-state index contributed by atoms with van der Waals surface area (Å²) in [6, 6.07) is 0. The fraction of sp³-hybridized carbons (Fsp3) is 0. The molecule has 0 aliphatic carbocycles. The molecule has 0 fully saturated rings. The fourth-order valence-corrected chi connectivity index (χ4v) is 0. The Kier molecular flexibility index (Phi) is 145. The zero-order valence-corrected chi connectivity index (χ0v) is 9.54. The van der Waals surface area contributed by atoms with Gasteiger partial charge in [-0.25, -0.2) is 0 Å². The molecular formula is H7CdGaGeOPb. The van der Waals surface area contributed by atoms with Crippen LogP contribution in [0.1, 0.15) is 0 Å². The van der Waals surface area contributed by atoms with Crippen LogP contribution in [0.5, 0.6) is 0 Å². The molecule has 0 rings (SSSR count). The first-order chi connectivity index (χ1) is 1.00. The van der Waals surface area contributed by atoms with Crippen molar-refractivity contribution in [3.63, 3.8) is 0 Å². The van der Waals surface area contributed by atoms with Crippen molar-refractivity contribution in [2.75, 3.05) is 0 Å². The third-order valence-corrected chi connectivity index (χ3v) is 0. The average Bonchev–Trinajstić information content (AvgIpc) is 1.00. The predicted octanol–water partition coefficient (Wildman–Crippen LogP) is -3.14. The quantitative estimate of drug-likeness (QED) is 0.332. The van der Waals surface area contributed by atoms with E-state index in [2.05, 4.69) is 0 Å². The predicted molar refractivity (Wildman–Crippen MR) is 27.7 cm³/mol. The van der Waals surface area contributed by atoms with Crippen LogP contribution in [0.15, 0.2) is 0 Å². The van der Waals surface area contributed by atoms with Gasteiger partial charge in [-0.15, -0.1) is 0 Å². The van der Waals surface area contributed by atoms with Crippen LogP contribution in [0.2, 0.25) is 0 Å². The molecule has 1 nitrogen and oxygen atoms in total. The van der Waals surface area contributed by atoms with E-state index in [0.717, 1.165) is 0 Å². The molecule has 0 aliphatic rings. The van der Waals surface area contributed by atoms with Crippen LogP contribution in [-0.2, 0) is 30.0 Å². The van der Waals surface area contributed by atoms with Crippen LogP contribution in [0.4, 0.5) is 0 Å². The van der Waals surface area contributed by atoms with E-state index in [1.54, 1.807) is 0 Å². The van der Waals surface area contributed by atoms with Gasteiger partial charge in [0.2, 0.25) is 0 Å². The molecule has 0 aromatic carbocycles. The monoisotopic (exact) mass is 488 g/mol. The second-order valence-corrected chi connectivity index (χ2v) is 0. The molecule has 5 heteroatoms. The first kappa shape index (κ1) is 24.9. The molecule has 0 aromatic heterocycles. The van der Waals surface area contributed by atoms with E-state index in [1.165, 1.54) is 0 Å². The van der Waals surface area contributed by atoms with E-state index in [1.807, 2.05) is 0 Å². The Labute approximate surface area is 91.4 Å². The molecule has 0 atom stereocenters. The van der Waals surface area contributed by atoms with E-state index in [-0.39, 0.29) is 90.5 Å². The second-order valence-electron chi connectivity index (χ2n) is 0. The Morgan fingerprint density at radius 1 is 1.20 bits per heavy atom. The van der Waals surface area contributed by atoms with E-state index in [4.69, 9.17) is 2.69 Å². The van der Waals surface area contributed by atoms with E-state index < -0.39 is 0 Å². The average molecular weight is 485 g/mol. The first-order valence-corrected chi connectivity index (χ1v) is 1.79. The Bertz CT molecular complexity index is 11.6. The zero-order valence-electron chi connectivity index (χ0n) is 1.62. The zero-order chi connectivity index (χ0) is 2.00. The molecule has 0 unspecified atom stereocenters. The Morgan fingerprint density at radius 2 is 1.20 bits per heavy atom. The Morgan fingerprint density at radius 3 is 1.20 bits per heavy atom. The summed E-state index contributed by atoms with van der Waals surface area (Å²) in [5.74, 6) is 0.